The Hall–Kier alpha value is -2.73. The lowest BCUT2D eigenvalue weighted by Crippen LogP contribution is -2.21. The Morgan fingerprint density at radius 3 is 2.62 bits per heavy atom. The van der Waals surface area contributed by atoms with E-state index in [1.807, 2.05) is 24.3 Å². The van der Waals surface area contributed by atoms with Crippen molar-refractivity contribution in [2.45, 2.75) is 6.54 Å². The molecule has 0 aliphatic heterocycles. The van der Waals surface area contributed by atoms with Crippen molar-refractivity contribution < 1.29 is 9.53 Å². The van der Waals surface area contributed by atoms with Crippen LogP contribution < -0.4 is 15.4 Å². The second-order valence-electron chi connectivity index (χ2n) is 5.39. The number of aromatic nitrogens is 2. The number of rotatable bonds is 5. The van der Waals surface area contributed by atoms with Crippen molar-refractivity contribution in [3.63, 3.8) is 0 Å². The van der Waals surface area contributed by atoms with Crippen molar-refractivity contribution in [3.05, 3.63) is 47.0 Å². The molecule has 0 aliphatic carbocycles. The number of hydrogen-bond acceptors (Lipinski definition) is 4. The number of anilines is 2. The van der Waals surface area contributed by atoms with E-state index in [1.165, 1.54) is 4.90 Å². The molecule has 0 fully saturated rings. The molecule has 7 heteroatoms. The molecule has 6 nitrogen and oxygen atoms in total. The molecule has 0 aliphatic rings. The van der Waals surface area contributed by atoms with Crippen molar-refractivity contribution in [3.8, 4) is 5.75 Å². The molecular formula is C17H17ClN4O2. The van der Waals surface area contributed by atoms with Gasteiger partial charge in [-0.15, -0.1) is 0 Å². The minimum Gasteiger partial charge on any atom is -0.497 e. The van der Waals surface area contributed by atoms with E-state index in [-0.39, 0.29) is 0 Å². The Balaban J connectivity index is 2.03. The van der Waals surface area contributed by atoms with Crippen molar-refractivity contribution in [1.29, 1.82) is 0 Å². The van der Waals surface area contributed by atoms with Gasteiger partial charge in [-0.1, -0.05) is 23.7 Å². The zero-order valence-corrected chi connectivity index (χ0v) is 14.1. The summed E-state index contributed by atoms with van der Waals surface area (Å²) in [5, 5.41) is 5.60. The maximum atomic E-state index is 11.7. The lowest BCUT2D eigenvalue weighted by Gasteiger charge is -2.15. The zero-order valence-electron chi connectivity index (χ0n) is 13.4. The number of benzene rings is 2. The molecule has 3 aromatic rings. The van der Waals surface area contributed by atoms with Crippen LogP contribution in [0.3, 0.4) is 0 Å². The summed E-state index contributed by atoms with van der Waals surface area (Å²) < 4.78 is 6.78. The molecular weight excluding hydrogens is 328 g/mol. The number of nitrogens with two attached hydrogens (primary N) is 1. The number of nitrogens with zero attached hydrogens (tertiary/aromatic N) is 3. The highest BCUT2D eigenvalue weighted by Crippen LogP contribution is 2.35. The van der Waals surface area contributed by atoms with E-state index in [1.54, 1.807) is 31.0 Å². The SMILES string of the molecule is COc1ccc(CN(C=O)c2nn(C)c3c(N)ccc(Cl)c23)cc1. The van der Waals surface area contributed by atoms with Crippen LogP contribution in [0.2, 0.25) is 5.02 Å². The number of carbonyl (C=O) groups is 1. The molecule has 0 unspecified atom stereocenters. The van der Waals surface area contributed by atoms with Gasteiger partial charge in [-0.3, -0.25) is 14.4 Å². The lowest BCUT2D eigenvalue weighted by atomic mass is 10.2. The van der Waals surface area contributed by atoms with E-state index >= 15 is 0 Å². The fraction of sp³-hybridized carbons (Fsp3) is 0.176. The molecule has 1 amide bonds. The van der Waals surface area contributed by atoms with Crippen LogP contribution in [0, 0.1) is 0 Å². The fourth-order valence-corrected chi connectivity index (χ4v) is 2.91. The Morgan fingerprint density at radius 1 is 1.29 bits per heavy atom. The number of nitrogen functional groups attached to an aromatic ring is 1. The average molecular weight is 345 g/mol. The topological polar surface area (TPSA) is 73.4 Å². The van der Waals surface area contributed by atoms with Gasteiger partial charge in [0, 0.05) is 7.05 Å². The van der Waals surface area contributed by atoms with Gasteiger partial charge in [-0.25, -0.2) is 0 Å². The molecule has 0 spiro atoms. The summed E-state index contributed by atoms with van der Waals surface area (Å²) in [6.45, 7) is 0.366. The average Bonchev–Trinajstić information content (AvgIpc) is 2.95. The number of hydrogen-bond donors (Lipinski definition) is 1. The third-order valence-corrected chi connectivity index (χ3v) is 4.18. The summed E-state index contributed by atoms with van der Waals surface area (Å²) in [4.78, 5) is 13.2. The smallest absolute Gasteiger partial charge is 0.215 e. The summed E-state index contributed by atoms with van der Waals surface area (Å²) in [5.74, 6) is 1.24. The highest BCUT2D eigenvalue weighted by molar-refractivity contribution is 6.37. The first-order valence-corrected chi connectivity index (χ1v) is 7.68. The van der Waals surface area contributed by atoms with Crippen LogP contribution in [0.15, 0.2) is 36.4 Å². The molecule has 2 aromatic carbocycles. The Morgan fingerprint density at radius 2 is 2.00 bits per heavy atom. The van der Waals surface area contributed by atoms with E-state index in [2.05, 4.69) is 5.10 Å². The van der Waals surface area contributed by atoms with Gasteiger partial charge in [0.2, 0.25) is 6.41 Å². The summed E-state index contributed by atoms with van der Waals surface area (Å²) in [7, 11) is 3.38. The largest absolute Gasteiger partial charge is 0.497 e. The van der Waals surface area contributed by atoms with E-state index in [9.17, 15) is 4.79 Å². The maximum absolute atomic E-state index is 11.7. The van der Waals surface area contributed by atoms with Gasteiger partial charge in [0.05, 0.1) is 35.3 Å². The van der Waals surface area contributed by atoms with Crippen molar-refractivity contribution in [2.75, 3.05) is 17.7 Å². The van der Waals surface area contributed by atoms with Gasteiger partial charge in [-0.2, -0.15) is 5.10 Å². The number of methoxy groups -OCH3 is 1. The van der Waals surface area contributed by atoms with Gasteiger partial charge < -0.3 is 10.5 Å². The van der Waals surface area contributed by atoms with Gasteiger partial charge in [0.1, 0.15) is 5.75 Å². The molecule has 0 saturated heterocycles. The number of carbonyl (C=O) groups excluding carboxylic acids is 1. The second-order valence-corrected chi connectivity index (χ2v) is 5.80. The van der Waals surface area contributed by atoms with Crippen LogP contribution in [-0.4, -0.2) is 23.3 Å². The van der Waals surface area contributed by atoms with Crippen LogP contribution in [0.5, 0.6) is 5.75 Å². The number of ether oxygens (including phenoxy) is 1. The molecule has 2 N–H and O–H groups in total. The second kappa shape index (κ2) is 6.41. The first-order valence-electron chi connectivity index (χ1n) is 7.30. The molecule has 1 aromatic heterocycles. The lowest BCUT2D eigenvalue weighted by molar-refractivity contribution is -0.107. The summed E-state index contributed by atoms with van der Waals surface area (Å²) >= 11 is 6.32. The predicted octanol–water partition coefficient (Wildman–Crippen LogP) is 2.98. The quantitative estimate of drug-likeness (QED) is 0.570. The minimum absolute atomic E-state index is 0.366. The van der Waals surface area contributed by atoms with Crippen molar-refractivity contribution >= 4 is 40.4 Å². The molecule has 3 rings (SSSR count). The number of halogens is 1. The van der Waals surface area contributed by atoms with Crippen LogP contribution in [-0.2, 0) is 18.4 Å². The van der Waals surface area contributed by atoms with E-state index in [0.29, 0.717) is 34.0 Å². The first-order chi connectivity index (χ1) is 11.5. The monoisotopic (exact) mass is 344 g/mol. The van der Waals surface area contributed by atoms with E-state index < -0.39 is 0 Å². The van der Waals surface area contributed by atoms with Crippen molar-refractivity contribution in [2.24, 2.45) is 7.05 Å². The maximum Gasteiger partial charge on any atom is 0.215 e. The Labute approximate surface area is 144 Å². The van der Waals surface area contributed by atoms with Gasteiger partial charge >= 0.3 is 0 Å². The van der Waals surface area contributed by atoms with Crippen LogP contribution in [0.4, 0.5) is 11.5 Å². The molecule has 0 atom stereocenters. The summed E-state index contributed by atoms with van der Waals surface area (Å²) in [6, 6.07) is 10.9. The predicted molar refractivity (Wildman–Crippen MR) is 95.4 cm³/mol. The van der Waals surface area contributed by atoms with Gasteiger partial charge in [-0.05, 0) is 29.8 Å². The molecule has 1 heterocycles. The minimum atomic E-state index is 0.366. The Bertz CT molecular complexity index is 890. The summed E-state index contributed by atoms with van der Waals surface area (Å²) in [5.41, 5.74) is 8.24. The van der Waals surface area contributed by atoms with Gasteiger partial charge in [0.15, 0.2) is 5.82 Å². The highest BCUT2D eigenvalue weighted by atomic mass is 35.5. The Kier molecular flexibility index (Phi) is 4.31. The first kappa shape index (κ1) is 16.1. The molecule has 124 valence electrons. The van der Waals surface area contributed by atoms with Crippen LogP contribution >= 0.6 is 11.6 Å². The van der Waals surface area contributed by atoms with E-state index in [0.717, 1.165) is 17.7 Å². The fourth-order valence-electron chi connectivity index (χ4n) is 2.68. The van der Waals surface area contributed by atoms with Crippen LogP contribution in [0.1, 0.15) is 5.56 Å². The van der Waals surface area contributed by atoms with Gasteiger partial charge in [0.25, 0.3) is 0 Å². The normalized spacial score (nSPS) is 10.8. The third-order valence-electron chi connectivity index (χ3n) is 3.86. The summed E-state index contributed by atoms with van der Waals surface area (Å²) in [6.07, 6.45) is 0.742. The van der Waals surface area contributed by atoms with Crippen molar-refractivity contribution in [1.82, 2.24) is 9.78 Å². The number of amides is 1. The van der Waals surface area contributed by atoms with E-state index in [4.69, 9.17) is 22.1 Å². The highest BCUT2D eigenvalue weighted by Gasteiger charge is 2.19. The zero-order chi connectivity index (χ0) is 17.3. The third kappa shape index (κ3) is 2.76. The molecule has 0 bridgehead atoms. The number of aryl methyl sites for hydroxylation is 1. The number of fused-ring (bicyclic) bond motifs is 1. The molecule has 0 saturated carbocycles. The standard InChI is InChI=1S/C17H17ClN4O2/c1-21-16-14(19)8-7-13(18)15(16)17(20-21)22(10-23)9-11-3-5-12(24-2)6-4-11/h3-8,10H,9,19H2,1-2H3. The molecule has 0 radical (unpaired) electrons. The van der Waals surface area contributed by atoms with Crippen LogP contribution in [0.25, 0.3) is 10.9 Å². The molecule has 24 heavy (non-hydrogen) atoms.